The van der Waals surface area contributed by atoms with Crippen LogP contribution in [0.25, 0.3) is 0 Å². The van der Waals surface area contributed by atoms with E-state index in [9.17, 15) is 23.3 Å². The summed E-state index contributed by atoms with van der Waals surface area (Å²) >= 11 is 0. The molecule has 1 fully saturated rings. The predicted molar refractivity (Wildman–Crippen MR) is 126 cm³/mol. The molecule has 1 saturated heterocycles. The third-order valence-electron chi connectivity index (χ3n) is 5.56. The minimum atomic E-state index is -3.65. The number of nitro benzene ring substituents is 1. The van der Waals surface area contributed by atoms with Crippen molar-refractivity contribution in [3.8, 4) is 5.75 Å². The van der Waals surface area contributed by atoms with Crippen LogP contribution in [0.1, 0.15) is 23.2 Å². The van der Waals surface area contributed by atoms with Crippen LogP contribution in [0.4, 0.5) is 11.4 Å². The Hall–Kier alpha value is -3.22. The number of anilines is 1. The lowest BCUT2D eigenvalue weighted by Gasteiger charge is -2.31. The second-order valence-corrected chi connectivity index (χ2v) is 9.67. The molecule has 0 bridgehead atoms. The third kappa shape index (κ3) is 6.01. The fraction of sp³-hybridized carbons (Fsp3) is 0.409. The van der Waals surface area contributed by atoms with Crippen LogP contribution in [0, 0.1) is 10.1 Å². The summed E-state index contributed by atoms with van der Waals surface area (Å²) in [4.78, 5) is 23.8. The summed E-state index contributed by atoms with van der Waals surface area (Å²) < 4.78 is 37.2. The highest BCUT2D eigenvalue weighted by atomic mass is 32.2. The molecule has 3 rings (SSSR count). The Morgan fingerprint density at radius 2 is 1.82 bits per heavy atom. The smallest absolute Gasteiger partial charge is 0.293 e. The number of piperidine rings is 1. The fourth-order valence-electron chi connectivity index (χ4n) is 3.67. The van der Waals surface area contributed by atoms with E-state index in [1.54, 1.807) is 12.1 Å². The molecule has 2 aromatic carbocycles. The molecule has 0 atom stereocenters. The van der Waals surface area contributed by atoms with Gasteiger partial charge in [-0.3, -0.25) is 14.9 Å². The van der Waals surface area contributed by atoms with Crippen molar-refractivity contribution in [1.29, 1.82) is 0 Å². The molecule has 1 aliphatic heterocycles. The van der Waals surface area contributed by atoms with Gasteiger partial charge in [0.05, 0.1) is 23.5 Å². The van der Waals surface area contributed by atoms with Crippen molar-refractivity contribution in [3.05, 3.63) is 58.1 Å². The van der Waals surface area contributed by atoms with Crippen LogP contribution in [0.3, 0.4) is 0 Å². The number of rotatable bonds is 10. The summed E-state index contributed by atoms with van der Waals surface area (Å²) in [7, 11) is -0.607. The SMILES string of the molecule is COCCNc1ccc(C(=O)NC2CCN(S(=O)(=O)c3ccc(OC)cc3)CC2)cc1[N+](=O)[O-]. The molecule has 1 heterocycles. The molecule has 1 aliphatic rings. The Morgan fingerprint density at radius 1 is 1.15 bits per heavy atom. The lowest BCUT2D eigenvalue weighted by atomic mass is 10.1. The van der Waals surface area contributed by atoms with Crippen LogP contribution < -0.4 is 15.4 Å². The number of sulfonamides is 1. The van der Waals surface area contributed by atoms with E-state index in [1.807, 2.05) is 0 Å². The first-order valence-corrected chi connectivity index (χ1v) is 12.2. The number of carbonyl (C=O) groups excluding carboxylic acids is 1. The number of hydrogen-bond donors (Lipinski definition) is 2. The predicted octanol–water partition coefficient (Wildman–Crippen LogP) is 2.24. The largest absolute Gasteiger partial charge is 0.497 e. The monoisotopic (exact) mass is 492 g/mol. The molecule has 0 saturated carbocycles. The van der Waals surface area contributed by atoms with Crippen LogP contribution in [0.2, 0.25) is 0 Å². The molecule has 34 heavy (non-hydrogen) atoms. The summed E-state index contributed by atoms with van der Waals surface area (Å²) in [5, 5.41) is 17.2. The van der Waals surface area contributed by atoms with Crippen LogP contribution in [0.5, 0.6) is 5.75 Å². The van der Waals surface area contributed by atoms with Crippen LogP contribution in [-0.2, 0) is 14.8 Å². The summed E-state index contributed by atoms with van der Waals surface area (Å²) in [5.41, 5.74) is 0.261. The highest BCUT2D eigenvalue weighted by molar-refractivity contribution is 7.89. The van der Waals surface area contributed by atoms with E-state index in [2.05, 4.69) is 10.6 Å². The zero-order valence-corrected chi connectivity index (χ0v) is 19.8. The minimum absolute atomic E-state index is 0.164. The van der Waals surface area contributed by atoms with Gasteiger partial charge in [0.25, 0.3) is 11.6 Å². The molecule has 0 radical (unpaired) electrons. The number of amides is 1. The molecule has 0 unspecified atom stereocenters. The lowest BCUT2D eigenvalue weighted by Crippen LogP contribution is -2.46. The summed E-state index contributed by atoms with van der Waals surface area (Å²) in [6, 6.07) is 10.2. The maximum atomic E-state index is 12.9. The summed E-state index contributed by atoms with van der Waals surface area (Å²) in [5.74, 6) is 0.127. The van der Waals surface area contributed by atoms with Crippen LogP contribution in [0.15, 0.2) is 47.4 Å². The maximum Gasteiger partial charge on any atom is 0.293 e. The quantitative estimate of drug-likeness (QED) is 0.292. The number of benzene rings is 2. The van der Waals surface area contributed by atoms with E-state index in [1.165, 1.54) is 48.9 Å². The highest BCUT2D eigenvalue weighted by Gasteiger charge is 2.30. The van der Waals surface area contributed by atoms with Crippen molar-refractivity contribution in [2.45, 2.75) is 23.8 Å². The average molecular weight is 493 g/mol. The van der Waals surface area contributed by atoms with Gasteiger partial charge < -0.3 is 20.1 Å². The minimum Gasteiger partial charge on any atom is -0.497 e. The molecular formula is C22H28N4O7S. The van der Waals surface area contributed by atoms with Crippen molar-refractivity contribution >= 4 is 27.3 Å². The Labute approximate surface area is 198 Å². The maximum absolute atomic E-state index is 12.9. The second-order valence-electron chi connectivity index (χ2n) is 7.74. The molecule has 1 amide bonds. The highest BCUT2D eigenvalue weighted by Crippen LogP contribution is 2.26. The lowest BCUT2D eigenvalue weighted by molar-refractivity contribution is -0.384. The van der Waals surface area contributed by atoms with Crippen LogP contribution >= 0.6 is 0 Å². The average Bonchev–Trinajstić information content (AvgIpc) is 2.84. The molecule has 2 N–H and O–H groups in total. The topological polar surface area (TPSA) is 140 Å². The van der Waals surface area contributed by atoms with Gasteiger partial charge in [0.2, 0.25) is 10.0 Å². The van der Waals surface area contributed by atoms with Gasteiger partial charge in [-0.2, -0.15) is 4.31 Å². The Balaban J connectivity index is 1.60. The fourth-order valence-corrected chi connectivity index (χ4v) is 5.14. The number of nitro groups is 1. The van der Waals surface area contributed by atoms with Gasteiger partial charge in [-0.25, -0.2) is 8.42 Å². The zero-order chi connectivity index (χ0) is 24.7. The number of carbonyl (C=O) groups is 1. The number of methoxy groups -OCH3 is 2. The first kappa shape index (κ1) is 25.4. The molecule has 11 nitrogen and oxygen atoms in total. The van der Waals surface area contributed by atoms with Gasteiger partial charge in [-0.05, 0) is 49.2 Å². The van der Waals surface area contributed by atoms with E-state index in [4.69, 9.17) is 9.47 Å². The van der Waals surface area contributed by atoms with Crippen molar-refractivity contribution < 1.29 is 27.6 Å². The normalized spacial score (nSPS) is 15.0. The zero-order valence-electron chi connectivity index (χ0n) is 19.0. The number of nitrogens with one attached hydrogen (secondary N) is 2. The van der Waals surface area contributed by atoms with E-state index in [0.717, 1.165) is 0 Å². The summed E-state index contributed by atoms with van der Waals surface area (Å²) in [6.07, 6.45) is 0.861. The van der Waals surface area contributed by atoms with E-state index < -0.39 is 20.9 Å². The Morgan fingerprint density at radius 3 is 2.41 bits per heavy atom. The van der Waals surface area contributed by atoms with Gasteiger partial charge in [-0.1, -0.05) is 0 Å². The van der Waals surface area contributed by atoms with Crippen molar-refractivity contribution in [3.63, 3.8) is 0 Å². The first-order valence-electron chi connectivity index (χ1n) is 10.7. The van der Waals surface area contributed by atoms with Crippen LogP contribution in [-0.4, -0.2) is 70.1 Å². The Kier molecular flexibility index (Phi) is 8.42. The Bertz CT molecular complexity index is 1110. The second kappa shape index (κ2) is 11.3. The van der Waals surface area contributed by atoms with Gasteiger partial charge >= 0.3 is 0 Å². The van der Waals surface area contributed by atoms with Crippen molar-refractivity contribution in [1.82, 2.24) is 9.62 Å². The molecule has 184 valence electrons. The van der Waals surface area contributed by atoms with Crippen molar-refractivity contribution in [2.75, 3.05) is 45.8 Å². The third-order valence-corrected chi connectivity index (χ3v) is 7.48. The molecule has 12 heteroatoms. The van der Waals surface area contributed by atoms with Gasteiger partial charge in [0, 0.05) is 44.4 Å². The van der Waals surface area contributed by atoms with E-state index >= 15 is 0 Å². The summed E-state index contributed by atoms with van der Waals surface area (Å²) in [6.45, 7) is 1.27. The molecule has 0 aliphatic carbocycles. The van der Waals surface area contributed by atoms with Gasteiger partial charge in [0.15, 0.2) is 0 Å². The number of ether oxygens (including phenoxy) is 2. The molecular weight excluding hydrogens is 464 g/mol. The van der Waals surface area contributed by atoms with Crippen molar-refractivity contribution in [2.24, 2.45) is 0 Å². The first-order chi connectivity index (χ1) is 16.3. The number of nitrogens with zero attached hydrogens (tertiary/aromatic N) is 2. The number of hydrogen-bond acceptors (Lipinski definition) is 8. The molecule has 0 spiro atoms. The van der Waals surface area contributed by atoms with E-state index in [-0.39, 0.29) is 35.3 Å². The van der Waals surface area contributed by atoms with Gasteiger partial charge in [0.1, 0.15) is 11.4 Å². The standard InChI is InChI=1S/C22H28N4O7S/c1-32-14-11-23-20-8-3-16(15-21(20)26(28)29)22(27)24-17-9-12-25(13-10-17)34(30,31)19-6-4-18(33-2)5-7-19/h3-8,15,17,23H,9-14H2,1-2H3,(H,24,27). The van der Waals surface area contributed by atoms with E-state index in [0.29, 0.717) is 37.4 Å². The molecule has 2 aromatic rings. The van der Waals surface area contributed by atoms with Gasteiger partial charge in [-0.15, -0.1) is 0 Å². The molecule has 0 aromatic heterocycles.